The first-order chi connectivity index (χ1) is 71.3. The third kappa shape index (κ3) is 13.8. The molecule has 670 valence electrons. The number of nitrogens with zero attached hydrogens (tertiary/aromatic N) is 10. The van der Waals surface area contributed by atoms with E-state index in [0.717, 1.165) is 233 Å². The zero-order valence-corrected chi connectivity index (χ0v) is 77.0. The maximum atomic E-state index is 6.02. The van der Waals surface area contributed by atoms with Crippen LogP contribution in [0.5, 0.6) is 0 Å². The minimum Gasteiger partial charge on any atom is -0.354 e. The van der Waals surface area contributed by atoms with Gasteiger partial charge in [0.05, 0.1) is 134 Å². The number of H-pyrrole nitrogens is 6. The van der Waals surface area contributed by atoms with Crippen LogP contribution in [0.2, 0.25) is 0 Å². The van der Waals surface area contributed by atoms with Crippen LogP contribution in [0, 0.1) is 0 Å². The van der Waals surface area contributed by atoms with Crippen LogP contribution in [0.4, 0.5) is 0 Å². The highest BCUT2D eigenvalue weighted by Crippen LogP contribution is 2.47. The third-order valence-electron chi connectivity index (χ3n) is 28.3. The number of hydrogen-bond acceptors (Lipinski definition) is 10. The molecule has 16 nitrogen and oxygen atoms in total. The van der Waals surface area contributed by atoms with Crippen LogP contribution in [0.3, 0.4) is 0 Å². The summed E-state index contributed by atoms with van der Waals surface area (Å²) in [5, 5.41) is 3.30. The minimum atomic E-state index is 0.655. The van der Waals surface area contributed by atoms with Crippen molar-refractivity contribution >= 4 is 178 Å². The maximum absolute atomic E-state index is 6.02. The molecule has 21 heterocycles. The summed E-state index contributed by atoms with van der Waals surface area (Å²) in [6, 6.07) is 145. The fraction of sp³-hybridized carbons (Fsp3) is 0. The van der Waals surface area contributed by atoms with E-state index < -0.39 is 0 Å². The summed E-state index contributed by atoms with van der Waals surface area (Å²) in [7, 11) is 0. The Kier molecular flexibility index (Phi) is 18.6. The molecule has 0 amide bonds. The first kappa shape index (κ1) is 81.3. The van der Waals surface area contributed by atoms with Crippen LogP contribution >= 0.6 is 0 Å². The molecule has 29 rings (SSSR count). The molecule has 8 aromatic carbocycles. The van der Waals surface area contributed by atoms with Crippen molar-refractivity contribution in [2.24, 2.45) is 0 Å². The van der Waals surface area contributed by atoms with Crippen molar-refractivity contribution in [2.75, 3.05) is 0 Å². The fourth-order valence-electron chi connectivity index (χ4n) is 21.7. The van der Waals surface area contributed by atoms with Gasteiger partial charge in [0.15, 0.2) is 0 Å². The summed E-state index contributed by atoms with van der Waals surface area (Å²) in [6.45, 7) is 0. The van der Waals surface area contributed by atoms with Gasteiger partial charge in [0.2, 0.25) is 0 Å². The lowest BCUT2D eigenvalue weighted by molar-refractivity contribution is 1.32. The zero-order valence-electron chi connectivity index (χ0n) is 77.0. The van der Waals surface area contributed by atoms with Gasteiger partial charge in [0.25, 0.3) is 0 Å². The van der Waals surface area contributed by atoms with E-state index >= 15 is 0 Å². The monoisotopic (exact) mass is 1840 g/mol. The molecular formula is C128H78N16. The van der Waals surface area contributed by atoms with E-state index in [2.05, 4.69) is 467 Å². The number of benzene rings is 8. The van der Waals surface area contributed by atoms with Crippen molar-refractivity contribution in [1.82, 2.24) is 79.7 Å². The number of nitrogens with one attached hydrogen (secondary N) is 6. The van der Waals surface area contributed by atoms with E-state index in [-0.39, 0.29) is 0 Å². The van der Waals surface area contributed by atoms with E-state index in [0.29, 0.717) is 77.9 Å². The molecule has 8 aliphatic rings. The fourth-order valence-corrected chi connectivity index (χ4v) is 21.7. The summed E-state index contributed by atoms with van der Waals surface area (Å²) < 4.78 is 0. The van der Waals surface area contributed by atoms with Gasteiger partial charge in [-0.2, -0.15) is 0 Å². The molecule has 6 N–H and O–H groups in total. The van der Waals surface area contributed by atoms with Gasteiger partial charge < -0.3 is 29.9 Å². The predicted octanol–water partition coefficient (Wildman–Crippen LogP) is 32.1. The molecule has 0 saturated carbocycles. The molecule has 0 unspecified atom stereocenters. The van der Waals surface area contributed by atoms with Crippen molar-refractivity contribution in [1.29, 1.82) is 0 Å². The van der Waals surface area contributed by atoms with Gasteiger partial charge in [0.1, 0.15) is 0 Å². The van der Waals surface area contributed by atoms with Gasteiger partial charge in [-0.3, -0.25) is 0 Å². The number of fused-ring (bicyclic) bond motifs is 32. The molecule has 144 heavy (non-hydrogen) atoms. The van der Waals surface area contributed by atoms with Gasteiger partial charge in [-0.25, -0.2) is 49.8 Å². The molecule has 13 aromatic heterocycles. The SMILES string of the molecule is C1=Cc2nc1c(-c1ccccc1)c1ccc([nH]1)c(-c1ccccc1)c1cc3c4cccc(n4)c4cc5nc-4cc4[nH]c(cc4c4cccc(n4)c4cc([nH]c4cc-3n1)c2-c1ccccc1)c(-c1ccccc1)c1cc2c3cccc(n3)c3cc4nc-3cc3[nH]c(cc3c3cccc(n3)c3cc([nH]c3cc-2n1)c5-c1ccccc1)c(-c1ccccc1)c1nc(c(-c2ccccc2)c2ccc([nH]2)c4-c2ccccc2)C=C1. The Morgan fingerprint density at radius 2 is 0.312 bits per heavy atom. The van der Waals surface area contributed by atoms with Crippen LogP contribution in [0.25, 0.3) is 312 Å². The molecule has 16 heteroatoms. The number of rotatable bonds is 8. The van der Waals surface area contributed by atoms with Gasteiger partial charge in [0, 0.05) is 132 Å². The second-order valence-electron chi connectivity index (χ2n) is 36.9. The maximum Gasteiger partial charge on any atom is 0.0752 e. The molecular weight excluding hydrogens is 1760 g/mol. The van der Waals surface area contributed by atoms with Crippen LogP contribution in [-0.2, 0) is 0 Å². The second kappa shape index (κ2) is 33.0. The number of aromatic amines is 6. The topological polar surface area (TPSA) is 224 Å². The molecule has 21 aromatic rings. The Balaban J connectivity index is 0.794. The smallest absolute Gasteiger partial charge is 0.0752 e. The van der Waals surface area contributed by atoms with Gasteiger partial charge in [-0.1, -0.05) is 267 Å². The largest absolute Gasteiger partial charge is 0.354 e. The van der Waals surface area contributed by atoms with Crippen LogP contribution < -0.4 is 0 Å². The highest BCUT2D eigenvalue weighted by molar-refractivity contribution is 6.14. The van der Waals surface area contributed by atoms with Crippen molar-refractivity contribution in [3.63, 3.8) is 0 Å². The van der Waals surface area contributed by atoms with E-state index in [1.165, 1.54) is 0 Å². The van der Waals surface area contributed by atoms with E-state index in [4.69, 9.17) is 49.8 Å². The Hall–Kier alpha value is -19.8. The molecule has 0 fully saturated rings. The quantitative estimate of drug-likeness (QED) is 0.0844. The third-order valence-corrected chi connectivity index (χ3v) is 28.3. The van der Waals surface area contributed by atoms with Crippen molar-refractivity contribution in [3.8, 4) is 134 Å². The zero-order chi connectivity index (χ0) is 94.6. The lowest BCUT2D eigenvalue weighted by Gasteiger charge is -2.05. The lowest BCUT2D eigenvalue weighted by Crippen LogP contribution is -1.88. The predicted molar refractivity (Wildman–Crippen MR) is 592 cm³/mol. The summed E-state index contributed by atoms with van der Waals surface area (Å²) in [6.07, 6.45) is 8.58. The molecule has 0 atom stereocenters. The van der Waals surface area contributed by atoms with Crippen LogP contribution in [-0.4, -0.2) is 79.7 Å². The number of aromatic nitrogens is 16. The van der Waals surface area contributed by atoms with Crippen molar-refractivity contribution in [3.05, 3.63) is 435 Å². The van der Waals surface area contributed by atoms with E-state index in [9.17, 15) is 0 Å². The molecule has 0 spiro atoms. The first-order valence-corrected chi connectivity index (χ1v) is 48.3. The average molecular weight is 1840 g/mol. The normalized spacial score (nSPS) is 12.1. The highest BCUT2D eigenvalue weighted by atomic mass is 14.9. The molecule has 0 radical (unpaired) electrons. The van der Waals surface area contributed by atoms with Crippen molar-refractivity contribution in [2.45, 2.75) is 0 Å². The summed E-state index contributed by atoms with van der Waals surface area (Å²) in [5.74, 6) is 0. The first-order valence-electron chi connectivity index (χ1n) is 48.3. The lowest BCUT2D eigenvalue weighted by atomic mass is 10.0. The Bertz CT molecular complexity index is 9790. The summed E-state index contributed by atoms with van der Waals surface area (Å²) >= 11 is 0. The standard InChI is InChI=1S/C128H78N16/c1-9-29-73(30-10-1)121-97-53-57-101(133-97)123(75-33-13-3-14-34-75)113-61-81-89-45-25-49-93(129-89)85-65-117-127(79-41-21-7-22-42-79)119-67-87-95-51-27-47-91(131-95)83-63-115-125(77-37-17-5-18-38-77)103-59-55-99(135-103)122(74-31-11-2-12-32-74)100-56-60-104(136-100)126(78-39-19-6-20-40-78)116-64-84(108(140-116)70-107(83)139-115)92-48-28-52-96(132-92)88-68-120(144-112(88)72-111(87)143-119)128(80-43-23-8-24-44-80)118-66-86(110(142-118)71-109(85)141-117)94-50-26-46-90(130-94)82-62-114(138-106(82)69-105(81)137-113)124(76-35-15-4-16-36-76)102-58-54-98(121)134-102/h1-72,133,136,138-139,142-143H. The highest BCUT2D eigenvalue weighted by Gasteiger charge is 2.27. The summed E-state index contributed by atoms with van der Waals surface area (Å²) in [4.78, 5) is 83.3. The molecule has 0 aliphatic carbocycles. The Labute approximate surface area is 821 Å². The van der Waals surface area contributed by atoms with E-state index in [1.807, 2.05) is 0 Å². The van der Waals surface area contributed by atoms with Crippen molar-refractivity contribution < 1.29 is 0 Å². The Morgan fingerprint density at radius 1 is 0.125 bits per heavy atom. The van der Waals surface area contributed by atoms with Crippen LogP contribution in [0.15, 0.2) is 413 Å². The van der Waals surface area contributed by atoms with Gasteiger partial charge in [-0.05, 0) is 214 Å². The number of hydrogen-bond donors (Lipinski definition) is 6. The molecule has 32 bridgehead atoms. The van der Waals surface area contributed by atoms with Crippen LogP contribution in [0.1, 0.15) is 22.8 Å². The van der Waals surface area contributed by atoms with E-state index in [1.54, 1.807) is 0 Å². The summed E-state index contributed by atoms with van der Waals surface area (Å²) in [5.41, 5.74) is 42.3. The van der Waals surface area contributed by atoms with Gasteiger partial charge in [-0.15, -0.1) is 0 Å². The average Bonchev–Trinajstić information content (AvgIpc) is 1.60. The second-order valence-corrected chi connectivity index (χ2v) is 36.9. The minimum absolute atomic E-state index is 0.655. The molecule has 0 saturated heterocycles. The number of pyridine rings is 4. The molecule has 8 aliphatic heterocycles. The van der Waals surface area contributed by atoms with Gasteiger partial charge >= 0.3 is 0 Å². The Morgan fingerprint density at radius 3 is 0.556 bits per heavy atom.